The Morgan fingerprint density at radius 3 is 1.79 bits per heavy atom. The molecule has 0 aliphatic carbocycles. The third-order valence-corrected chi connectivity index (χ3v) is 3.36. The SMILES string of the molecule is COc1ccc(Nc2ccnc(Nc3ccc(OC)cc3)n2)cc1. The van der Waals surface area contributed by atoms with Gasteiger partial charge in [-0.2, -0.15) is 4.98 Å². The van der Waals surface area contributed by atoms with Gasteiger partial charge in [-0.25, -0.2) is 4.98 Å². The molecular weight excluding hydrogens is 304 g/mol. The van der Waals surface area contributed by atoms with Gasteiger partial charge in [-0.05, 0) is 54.6 Å². The van der Waals surface area contributed by atoms with Crippen LogP contribution < -0.4 is 20.1 Å². The first kappa shape index (κ1) is 15.6. The summed E-state index contributed by atoms with van der Waals surface area (Å²) in [5, 5.41) is 6.39. The van der Waals surface area contributed by atoms with Crippen molar-refractivity contribution in [3.05, 3.63) is 60.8 Å². The number of nitrogens with zero attached hydrogens (tertiary/aromatic N) is 2. The van der Waals surface area contributed by atoms with E-state index in [1.807, 2.05) is 54.6 Å². The molecule has 2 N–H and O–H groups in total. The molecule has 122 valence electrons. The molecule has 1 aromatic heterocycles. The minimum Gasteiger partial charge on any atom is -0.497 e. The van der Waals surface area contributed by atoms with E-state index in [9.17, 15) is 0 Å². The second kappa shape index (κ2) is 7.32. The maximum absolute atomic E-state index is 5.15. The Morgan fingerprint density at radius 1 is 0.708 bits per heavy atom. The van der Waals surface area contributed by atoms with E-state index in [1.165, 1.54) is 0 Å². The number of hydrogen-bond donors (Lipinski definition) is 2. The van der Waals surface area contributed by atoms with Gasteiger partial charge in [-0.3, -0.25) is 0 Å². The van der Waals surface area contributed by atoms with E-state index >= 15 is 0 Å². The van der Waals surface area contributed by atoms with Gasteiger partial charge in [0.2, 0.25) is 5.95 Å². The summed E-state index contributed by atoms with van der Waals surface area (Å²) in [4.78, 5) is 8.69. The van der Waals surface area contributed by atoms with Crippen molar-refractivity contribution in [3.63, 3.8) is 0 Å². The molecule has 0 amide bonds. The first-order valence-corrected chi connectivity index (χ1v) is 7.42. The molecule has 0 unspecified atom stereocenters. The minimum atomic E-state index is 0.513. The van der Waals surface area contributed by atoms with Crippen LogP contribution in [0.25, 0.3) is 0 Å². The number of benzene rings is 2. The fourth-order valence-corrected chi connectivity index (χ4v) is 2.11. The first-order chi connectivity index (χ1) is 11.8. The van der Waals surface area contributed by atoms with Gasteiger partial charge in [0.25, 0.3) is 0 Å². The molecular formula is C18H18N4O2. The molecule has 0 atom stereocenters. The van der Waals surface area contributed by atoms with Crippen LogP contribution in [0.1, 0.15) is 0 Å². The second-order valence-corrected chi connectivity index (χ2v) is 4.97. The van der Waals surface area contributed by atoms with Crippen molar-refractivity contribution in [1.29, 1.82) is 0 Å². The molecule has 3 rings (SSSR count). The summed E-state index contributed by atoms with van der Waals surface area (Å²) in [6.07, 6.45) is 1.70. The van der Waals surface area contributed by atoms with Gasteiger partial charge in [0.1, 0.15) is 17.3 Å². The van der Waals surface area contributed by atoms with E-state index < -0.39 is 0 Å². The zero-order chi connectivity index (χ0) is 16.8. The van der Waals surface area contributed by atoms with Gasteiger partial charge in [0.15, 0.2) is 0 Å². The van der Waals surface area contributed by atoms with Gasteiger partial charge in [-0.1, -0.05) is 0 Å². The fourth-order valence-electron chi connectivity index (χ4n) is 2.11. The largest absolute Gasteiger partial charge is 0.497 e. The zero-order valence-electron chi connectivity index (χ0n) is 13.5. The summed E-state index contributed by atoms with van der Waals surface area (Å²) in [7, 11) is 3.28. The van der Waals surface area contributed by atoms with E-state index in [2.05, 4.69) is 20.6 Å². The lowest BCUT2D eigenvalue weighted by molar-refractivity contribution is 0.415. The molecule has 0 aliphatic heterocycles. The summed E-state index contributed by atoms with van der Waals surface area (Å²) in [6, 6.07) is 17.0. The Hall–Kier alpha value is -3.28. The second-order valence-electron chi connectivity index (χ2n) is 4.97. The van der Waals surface area contributed by atoms with Gasteiger partial charge in [-0.15, -0.1) is 0 Å². The minimum absolute atomic E-state index is 0.513. The Balaban J connectivity index is 1.70. The number of anilines is 4. The summed E-state index contributed by atoms with van der Waals surface area (Å²) < 4.78 is 10.3. The van der Waals surface area contributed by atoms with Gasteiger partial charge < -0.3 is 20.1 Å². The van der Waals surface area contributed by atoms with Crippen LogP contribution in [-0.2, 0) is 0 Å². The van der Waals surface area contributed by atoms with E-state index in [4.69, 9.17) is 9.47 Å². The molecule has 0 spiro atoms. The quantitative estimate of drug-likeness (QED) is 0.715. The summed E-state index contributed by atoms with van der Waals surface area (Å²) in [6.45, 7) is 0. The van der Waals surface area contributed by atoms with Crippen molar-refractivity contribution in [3.8, 4) is 11.5 Å². The molecule has 0 bridgehead atoms. The predicted molar refractivity (Wildman–Crippen MR) is 94.6 cm³/mol. The summed E-state index contributed by atoms with van der Waals surface area (Å²) in [5.41, 5.74) is 1.81. The highest BCUT2D eigenvalue weighted by Gasteiger charge is 2.02. The average molecular weight is 322 g/mol. The first-order valence-electron chi connectivity index (χ1n) is 7.42. The molecule has 0 fully saturated rings. The lowest BCUT2D eigenvalue weighted by Crippen LogP contribution is -2.00. The van der Waals surface area contributed by atoms with E-state index in [-0.39, 0.29) is 0 Å². The third kappa shape index (κ3) is 3.92. The Bertz CT molecular complexity index is 724. The van der Waals surface area contributed by atoms with Crippen LogP contribution in [0.2, 0.25) is 0 Å². The number of aromatic nitrogens is 2. The van der Waals surface area contributed by atoms with Crippen LogP contribution in [0.15, 0.2) is 60.8 Å². The van der Waals surface area contributed by atoms with Crippen LogP contribution in [0.3, 0.4) is 0 Å². The average Bonchev–Trinajstić information content (AvgIpc) is 2.63. The molecule has 6 nitrogen and oxygen atoms in total. The lowest BCUT2D eigenvalue weighted by Gasteiger charge is -2.09. The molecule has 0 aliphatic rings. The van der Waals surface area contributed by atoms with Crippen molar-refractivity contribution in [1.82, 2.24) is 9.97 Å². The Kier molecular flexibility index (Phi) is 4.76. The summed E-state index contributed by atoms with van der Waals surface area (Å²) in [5.74, 6) is 2.83. The Morgan fingerprint density at radius 2 is 1.25 bits per heavy atom. The molecule has 1 heterocycles. The van der Waals surface area contributed by atoms with Crippen molar-refractivity contribution >= 4 is 23.1 Å². The monoisotopic (exact) mass is 322 g/mol. The number of rotatable bonds is 6. The topological polar surface area (TPSA) is 68.3 Å². The highest BCUT2D eigenvalue weighted by atomic mass is 16.5. The molecule has 0 saturated carbocycles. The zero-order valence-corrected chi connectivity index (χ0v) is 13.5. The normalized spacial score (nSPS) is 10.1. The highest BCUT2D eigenvalue weighted by Crippen LogP contribution is 2.21. The Labute approximate surface area is 140 Å². The van der Waals surface area contributed by atoms with Gasteiger partial charge >= 0.3 is 0 Å². The smallest absolute Gasteiger partial charge is 0.229 e. The number of methoxy groups -OCH3 is 2. The van der Waals surface area contributed by atoms with E-state index in [0.717, 1.165) is 22.9 Å². The molecule has 24 heavy (non-hydrogen) atoms. The molecule has 0 radical (unpaired) electrons. The van der Waals surface area contributed by atoms with Crippen LogP contribution in [-0.4, -0.2) is 24.2 Å². The van der Waals surface area contributed by atoms with Crippen molar-refractivity contribution in [2.75, 3.05) is 24.9 Å². The fraction of sp³-hybridized carbons (Fsp3) is 0.111. The maximum atomic E-state index is 5.15. The number of hydrogen-bond acceptors (Lipinski definition) is 6. The van der Waals surface area contributed by atoms with Gasteiger partial charge in [0.05, 0.1) is 14.2 Å². The molecule has 0 saturated heterocycles. The van der Waals surface area contributed by atoms with Crippen molar-refractivity contribution in [2.45, 2.75) is 0 Å². The molecule has 6 heteroatoms. The third-order valence-electron chi connectivity index (χ3n) is 3.36. The maximum Gasteiger partial charge on any atom is 0.229 e. The van der Waals surface area contributed by atoms with E-state index in [1.54, 1.807) is 20.4 Å². The number of nitrogens with one attached hydrogen (secondary N) is 2. The molecule has 2 aromatic carbocycles. The van der Waals surface area contributed by atoms with Crippen LogP contribution in [0, 0.1) is 0 Å². The van der Waals surface area contributed by atoms with Crippen molar-refractivity contribution in [2.24, 2.45) is 0 Å². The standard InChI is InChI=1S/C18H18N4O2/c1-23-15-7-3-13(4-8-15)20-17-11-12-19-18(22-17)21-14-5-9-16(24-2)10-6-14/h3-12H,1-2H3,(H2,19,20,21,22). The van der Waals surface area contributed by atoms with Crippen LogP contribution in [0.5, 0.6) is 11.5 Å². The van der Waals surface area contributed by atoms with Crippen molar-refractivity contribution < 1.29 is 9.47 Å². The predicted octanol–water partition coefficient (Wildman–Crippen LogP) is 3.98. The van der Waals surface area contributed by atoms with Crippen LogP contribution in [0.4, 0.5) is 23.1 Å². The van der Waals surface area contributed by atoms with Crippen LogP contribution >= 0.6 is 0 Å². The number of ether oxygens (including phenoxy) is 2. The summed E-state index contributed by atoms with van der Waals surface area (Å²) >= 11 is 0. The van der Waals surface area contributed by atoms with E-state index in [0.29, 0.717) is 11.8 Å². The lowest BCUT2D eigenvalue weighted by atomic mass is 10.3. The molecule has 3 aromatic rings. The van der Waals surface area contributed by atoms with Gasteiger partial charge in [0, 0.05) is 17.6 Å². The highest BCUT2D eigenvalue weighted by molar-refractivity contribution is 5.60.